The molecule has 1 aromatic heterocycles. The Hall–Kier alpha value is -1.77. The molecule has 3 rings (SSSR count). The highest BCUT2D eigenvalue weighted by Gasteiger charge is 2.19. The predicted molar refractivity (Wildman–Crippen MR) is 68.1 cm³/mol. The Morgan fingerprint density at radius 3 is 2.88 bits per heavy atom. The third-order valence-electron chi connectivity index (χ3n) is 3.31. The van der Waals surface area contributed by atoms with Gasteiger partial charge in [-0.05, 0) is 24.8 Å². The average molecular weight is 228 g/mol. The van der Waals surface area contributed by atoms with E-state index < -0.39 is 0 Å². The molecule has 0 radical (unpaired) electrons. The zero-order chi connectivity index (χ0) is 11.7. The Morgan fingerprint density at radius 2 is 2.12 bits per heavy atom. The molecule has 0 aliphatic carbocycles. The summed E-state index contributed by atoms with van der Waals surface area (Å²) in [6, 6.07) is 8.58. The van der Waals surface area contributed by atoms with Crippen molar-refractivity contribution in [3.8, 4) is 11.3 Å². The third-order valence-corrected chi connectivity index (χ3v) is 3.31. The first kappa shape index (κ1) is 10.4. The van der Waals surface area contributed by atoms with E-state index in [0.717, 1.165) is 42.9 Å². The summed E-state index contributed by atoms with van der Waals surface area (Å²) >= 11 is 0. The number of benzene rings is 1. The minimum absolute atomic E-state index is 0.853. The summed E-state index contributed by atoms with van der Waals surface area (Å²) in [6.45, 7) is 3.15. The number of fused-ring (bicyclic) bond motifs is 1. The molecular formula is C14H16N2O. The molecule has 2 aromatic rings. The number of aryl methyl sites for hydroxylation is 1. The number of hydrogen-bond acceptors (Lipinski definition) is 3. The Kier molecular flexibility index (Phi) is 2.59. The molecule has 0 amide bonds. The quantitative estimate of drug-likeness (QED) is 0.857. The standard InChI is InChI=1S/C14H16N2O/c1-2-10-5-7-11(8-6-10)13-12-4-3-9-15-14(12)17-16-13/h5-8,15H,2-4,9H2,1H3. The van der Waals surface area contributed by atoms with Crippen LogP contribution in [0.3, 0.4) is 0 Å². The van der Waals surface area contributed by atoms with Crippen LogP contribution in [0, 0.1) is 0 Å². The smallest absolute Gasteiger partial charge is 0.228 e. The molecule has 88 valence electrons. The normalized spacial score (nSPS) is 14.2. The molecule has 1 aliphatic rings. The van der Waals surface area contributed by atoms with Gasteiger partial charge in [0.25, 0.3) is 0 Å². The fourth-order valence-corrected chi connectivity index (χ4v) is 2.27. The van der Waals surface area contributed by atoms with Crippen LogP contribution in [0.1, 0.15) is 24.5 Å². The van der Waals surface area contributed by atoms with E-state index in [1.165, 1.54) is 11.1 Å². The van der Waals surface area contributed by atoms with Gasteiger partial charge in [0, 0.05) is 17.7 Å². The van der Waals surface area contributed by atoms with Crippen molar-refractivity contribution in [2.24, 2.45) is 0 Å². The molecule has 0 spiro atoms. The molecule has 3 nitrogen and oxygen atoms in total. The van der Waals surface area contributed by atoms with Crippen molar-refractivity contribution in [2.75, 3.05) is 11.9 Å². The van der Waals surface area contributed by atoms with Crippen molar-refractivity contribution in [1.82, 2.24) is 5.16 Å². The molecule has 1 aromatic carbocycles. The molecule has 0 fully saturated rings. The van der Waals surface area contributed by atoms with Gasteiger partial charge >= 0.3 is 0 Å². The maximum absolute atomic E-state index is 5.34. The number of nitrogens with one attached hydrogen (secondary N) is 1. The van der Waals surface area contributed by atoms with Crippen LogP contribution in [-0.2, 0) is 12.8 Å². The Labute approximate surface area is 101 Å². The number of anilines is 1. The van der Waals surface area contributed by atoms with Gasteiger partial charge in [0.2, 0.25) is 5.88 Å². The summed E-state index contributed by atoms with van der Waals surface area (Å²) in [6.07, 6.45) is 3.27. The molecule has 2 heterocycles. The van der Waals surface area contributed by atoms with E-state index in [9.17, 15) is 0 Å². The van der Waals surface area contributed by atoms with Gasteiger partial charge in [-0.3, -0.25) is 0 Å². The minimum atomic E-state index is 0.853. The number of aromatic nitrogens is 1. The first-order valence-electron chi connectivity index (χ1n) is 6.20. The summed E-state index contributed by atoms with van der Waals surface area (Å²) in [5.74, 6) is 0.853. The van der Waals surface area contributed by atoms with Crippen molar-refractivity contribution in [2.45, 2.75) is 26.2 Å². The molecule has 1 aliphatic heterocycles. The van der Waals surface area contributed by atoms with Gasteiger partial charge in [-0.1, -0.05) is 36.3 Å². The van der Waals surface area contributed by atoms with Crippen LogP contribution in [0.2, 0.25) is 0 Å². The van der Waals surface area contributed by atoms with Gasteiger partial charge in [-0.25, -0.2) is 0 Å². The highest BCUT2D eigenvalue weighted by Crippen LogP contribution is 2.32. The van der Waals surface area contributed by atoms with Crippen LogP contribution >= 0.6 is 0 Å². The van der Waals surface area contributed by atoms with Gasteiger partial charge < -0.3 is 9.84 Å². The lowest BCUT2D eigenvalue weighted by Crippen LogP contribution is -2.09. The molecule has 0 atom stereocenters. The lowest BCUT2D eigenvalue weighted by molar-refractivity contribution is 0.431. The van der Waals surface area contributed by atoms with Crippen LogP contribution < -0.4 is 5.32 Å². The SMILES string of the molecule is CCc1ccc(-c2noc3c2CCCN3)cc1. The van der Waals surface area contributed by atoms with E-state index in [1.54, 1.807) is 0 Å². The minimum Gasteiger partial charge on any atom is -0.354 e. The molecule has 17 heavy (non-hydrogen) atoms. The maximum atomic E-state index is 5.34. The summed E-state index contributed by atoms with van der Waals surface area (Å²) in [4.78, 5) is 0. The van der Waals surface area contributed by atoms with Crippen LogP contribution in [0.5, 0.6) is 0 Å². The number of hydrogen-bond donors (Lipinski definition) is 1. The average Bonchev–Trinajstić information content (AvgIpc) is 2.83. The summed E-state index contributed by atoms with van der Waals surface area (Å²) in [5, 5.41) is 7.43. The predicted octanol–water partition coefficient (Wildman–Crippen LogP) is 3.26. The fraction of sp³-hybridized carbons (Fsp3) is 0.357. The second-order valence-corrected chi connectivity index (χ2v) is 4.42. The van der Waals surface area contributed by atoms with E-state index in [4.69, 9.17) is 4.52 Å². The van der Waals surface area contributed by atoms with Crippen LogP contribution in [0.15, 0.2) is 28.8 Å². The first-order chi connectivity index (χ1) is 8.38. The van der Waals surface area contributed by atoms with E-state index in [1.807, 2.05) is 0 Å². The highest BCUT2D eigenvalue weighted by atomic mass is 16.5. The Bertz CT molecular complexity index is 514. The topological polar surface area (TPSA) is 38.1 Å². The van der Waals surface area contributed by atoms with Gasteiger partial charge in [0.05, 0.1) is 0 Å². The molecule has 0 saturated carbocycles. The van der Waals surface area contributed by atoms with E-state index >= 15 is 0 Å². The fourth-order valence-electron chi connectivity index (χ4n) is 2.27. The summed E-state index contributed by atoms with van der Waals surface area (Å²) < 4.78 is 5.34. The van der Waals surface area contributed by atoms with Crippen molar-refractivity contribution in [3.63, 3.8) is 0 Å². The maximum Gasteiger partial charge on any atom is 0.228 e. The second kappa shape index (κ2) is 4.24. The zero-order valence-corrected chi connectivity index (χ0v) is 9.99. The Balaban J connectivity index is 2.00. The molecule has 0 unspecified atom stereocenters. The number of rotatable bonds is 2. The zero-order valence-electron chi connectivity index (χ0n) is 9.99. The van der Waals surface area contributed by atoms with Gasteiger partial charge in [-0.2, -0.15) is 0 Å². The van der Waals surface area contributed by atoms with E-state index in [-0.39, 0.29) is 0 Å². The van der Waals surface area contributed by atoms with Crippen LogP contribution in [0.25, 0.3) is 11.3 Å². The lowest BCUT2D eigenvalue weighted by atomic mass is 10.0. The first-order valence-corrected chi connectivity index (χ1v) is 6.20. The Morgan fingerprint density at radius 1 is 1.29 bits per heavy atom. The third kappa shape index (κ3) is 1.82. The van der Waals surface area contributed by atoms with Crippen LogP contribution in [-0.4, -0.2) is 11.7 Å². The van der Waals surface area contributed by atoms with Gasteiger partial charge in [0.1, 0.15) is 5.69 Å². The van der Waals surface area contributed by atoms with Crippen molar-refractivity contribution in [3.05, 3.63) is 35.4 Å². The van der Waals surface area contributed by atoms with Crippen molar-refractivity contribution >= 4 is 5.88 Å². The second-order valence-electron chi connectivity index (χ2n) is 4.42. The van der Waals surface area contributed by atoms with Gasteiger partial charge in [-0.15, -0.1) is 0 Å². The molecular weight excluding hydrogens is 212 g/mol. The van der Waals surface area contributed by atoms with Gasteiger partial charge in [0.15, 0.2) is 0 Å². The lowest BCUT2D eigenvalue weighted by Gasteiger charge is -2.11. The highest BCUT2D eigenvalue weighted by molar-refractivity contribution is 5.68. The molecule has 0 bridgehead atoms. The van der Waals surface area contributed by atoms with Crippen molar-refractivity contribution in [1.29, 1.82) is 0 Å². The van der Waals surface area contributed by atoms with E-state index in [2.05, 4.69) is 41.7 Å². The molecule has 1 N–H and O–H groups in total. The monoisotopic (exact) mass is 228 g/mol. The van der Waals surface area contributed by atoms with Crippen LogP contribution in [0.4, 0.5) is 5.88 Å². The van der Waals surface area contributed by atoms with Crippen molar-refractivity contribution < 1.29 is 4.52 Å². The molecule has 3 heteroatoms. The van der Waals surface area contributed by atoms with E-state index in [0.29, 0.717) is 0 Å². The summed E-state index contributed by atoms with van der Waals surface area (Å²) in [7, 11) is 0. The number of nitrogens with zero attached hydrogens (tertiary/aromatic N) is 1. The largest absolute Gasteiger partial charge is 0.354 e. The summed E-state index contributed by atoms with van der Waals surface area (Å²) in [5.41, 5.74) is 4.72. The molecule has 0 saturated heterocycles.